The topological polar surface area (TPSA) is 298 Å². The van der Waals surface area contributed by atoms with Crippen LogP contribution in [0.1, 0.15) is 141 Å². The Labute approximate surface area is 480 Å². The van der Waals surface area contributed by atoms with Crippen molar-refractivity contribution in [2.75, 3.05) is 37.6 Å². The summed E-state index contributed by atoms with van der Waals surface area (Å²) in [4.78, 5) is 102. The molecule has 6 rings (SSSR count). The van der Waals surface area contributed by atoms with Crippen LogP contribution in [-0.4, -0.2) is 108 Å². The summed E-state index contributed by atoms with van der Waals surface area (Å²) < 4.78 is 2.43. The molecule has 6 amide bonds. The number of carbonyl (C=O) groups is 7. The van der Waals surface area contributed by atoms with E-state index in [9.17, 15) is 43.9 Å². The molecule has 3 aromatic carbocycles. The molecular formula is C62H79N11O9. The fourth-order valence-corrected chi connectivity index (χ4v) is 10.5. The van der Waals surface area contributed by atoms with Crippen LogP contribution in [0.4, 0.5) is 11.4 Å². The van der Waals surface area contributed by atoms with Crippen LogP contribution >= 0.6 is 0 Å². The molecule has 0 spiro atoms. The number of anilines is 1. The number of carbonyl (C=O) groups excluding carboxylic acids is 7. The average molecular weight is 1120 g/mol. The first-order chi connectivity index (χ1) is 39.3. The van der Waals surface area contributed by atoms with Crippen LogP contribution in [0, 0.1) is 11.3 Å². The Hall–Kier alpha value is -8.60. The van der Waals surface area contributed by atoms with Crippen LogP contribution in [0.5, 0.6) is 5.75 Å². The van der Waals surface area contributed by atoms with Gasteiger partial charge in [0.2, 0.25) is 23.4 Å². The number of para-hydroxylation sites is 2. The zero-order valence-electron chi connectivity index (χ0n) is 47.9. The molecular weight excluding hydrogens is 1040 g/mol. The zero-order valence-corrected chi connectivity index (χ0v) is 47.9. The molecule has 8 N–H and O–H groups in total. The SMILES string of the molecule is CCC[N+]1=C(/C=C/C=C2/N(CCCC(=O)NCCCCC(NC(=O)/C(C#N)=C/c3ccc([O-])cc3)C(=O)NC(CCCN=C(N)N)C(=O)NCCCCCC(=O)ON3C(=O)CCC3=O)c3ccccc3C2(C)C)C(C)(C)c2ccccc21. The summed E-state index contributed by atoms with van der Waals surface area (Å²) in [5, 5.41) is 33.5. The van der Waals surface area contributed by atoms with Crippen molar-refractivity contribution < 1.29 is 48.1 Å². The molecule has 2 atom stereocenters. The third-order valence-electron chi connectivity index (χ3n) is 14.9. The molecule has 2 unspecified atom stereocenters. The van der Waals surface area contributed by atoms with Gasteiger partial charge in [-0.2, -0.15) is 9.84 Å². The first-order valence-corrected chi connectivity index (χ1v) is 28.4. The quantitative estimate of drug-likeness (QED) is 0.00881. The van der Waals surface area contributed by atoms with Gasteiger partial charge in [-0.1, -0.05) is 93.9 Å². The highest BCUT2D eigenvalue weighted by molar-refractivity contribution is 6.05. The number of allylic oxidation sites excluding steroid dienone is 4. The van der Waals surface area contributed by atoms with E-state index >= 15 is 0 Å². The maximum Gasteiger partial charge on any atom is 0.333 e. The number of hydrogen-bond acceptors (Lipinski definition) is 12. The summed E-state index contributed by atoms with van der Waals surface area (Å²) in [5.41, 5.74) is 18.0. The molecule has 3 aliphatic rings. The lowest BCUT2D eigenvalue weighted by Crippen LogP contribution is -2.54. The molecule has 82 heavy (non-hydrogen) atoms. The number of guanidine groups is 1. The van der Waals surface area contributed by atoms with Gasteiger partial charge in [-0.15, -0.1) is 10.8 Å². The van der Waals surface area contributed by atoms with Crippen molar-refractivity contribution in [2.24, 2.45) is 16.5 Å². The number of hydroxylamine groups is 2. The van der Waals surface area contributed by atoms with E-state index in [0.29, 0.717) is 68.7 Å². The van der Waals surface area contributed by atoms with Gasteiger partial charge < -0.3 is 47.6 Å². The molecule has 0 aromatic heterocycles. The van der Waals surface area contributed by atoms with E-state index in [2.05, 4.69) is 131 Å². The number of rotatable bonds is 30. The van der Waals surface area contributed by atoms with Crippen molar-refractivity contribution in [3.63, 3.8) is 0 Å². The van der Waals surface area contributed by atoms with Gasteiger partial charge in [-0.05, 0) is 94.6 Å². The molecule has 20 heteroatoms. The lowest BCUT2D eigenvalue weighted by Gasteiger charge is -2.27. The van der Waals surface area contributed by atoms with Gasteiger partial charge in [0.25, 0.3) is 17.7 Å². The number of nitriles is 1. The summed E-state index contributed by atoms with van der Waals surface area (Å²) >= 11 is 0. The van der Waals surface area contributed by atoms with Crippen molar-refractivity contribution in [1.29, 1.82) is 5.26 Å². The van der Waals surface area contributed by atoms with Crippen LogP contribution in [0.2, 0.25) is 0 Å². The highest BCUT2D eigenvalue weighted by Crippen LogP contribution is 2.48. The lowest BCUT2D eigenvalue weighted by molar-refractivity contribution is -0.437. The second-order valence-electron chi connectivity index (χ2n) is 21.8. The maximum atomic E-state index is 14.2. The van der Waals surface area contributed by atoms with E-state index in [1.165, 1.54) is 52.9 Å². The van der Waals surface area contributed by atoms with Crippen LogP contribution < -0.4 is 42.7 Å². The first-order valence-electron chi connectivity index (χ1n) is 28.4. The largest absolute Gasteiger partial charge is 0.872 e. The predicted molar refractivity (Wildman–Crippen MR) is 312 cm³/mol. The Bertz CT molecular complexity index is 3000. The number of nitrogens with two attached hydrogens (primary N) is 2. The Morgan fingerprint density at radius 2 is 1.45 bits per heavy atom. The van der Waals surface area contributed by atoms with Crippen molar-refractivity contribution in [2.45, 2.75) is 147 Å². The average Bonchev–Trinajstić information content (AvgIpc) is 3.84. The molecule has 3 aliphatic heterocycles. The molecule has 20 nitrogen and oxygen atoms in total. The fraction of sp³-hybridized carbons (Fsp3) is 0.452. The number of hydrogen-bond donors (Lipinski definition) is 6. The highest BCUT2D eigenvalue weighted by atomic mass is 16.7. The highest BCUT2D eigenvalue weighted by Gasteiger charge is 2.44. The number of amides is 6. The van der Waals surface area contributed by atoms with Crippen molar-refractivity contribution >= 4 is 70.5 Å². The van der Waals surface area contributed by atoms with E-state index in [0.717, 1.165) is 24.4 Å². The van der Waals surface area contributed by atoms with Crippen LogP contribution in [0.3, 0.4) is 0 Å². The monoisotopic (exact) mass is 1120 g/mol. The van der Waals surface area contributed by atoms with Gasteiger partial charge in [0.1, 0.15) is 30.3 Å². The normalized spacial score (nSPS) is 16.3. The van der Waals surface area contributed by atoms with E-state index in [4.69, 9.17) is 16.3 Å². The molecule has 0 saturated carbocycles. The van der Waals surface area contributed by atoms with Crippen molar-refractivity contribution in [3.05, 3.63) is 119 Å². The fourth-order valence-electron chi connectivity index (χ4n) is 10.5. The van der Waals surface area contributed by atoms with Crippen molar-refractivity contribution in [1.82, 2.24) is 26.3 Å². The molecule has 3 aromatic rings. The molecule has 0 radical (unpaired) electrons. The number of nitrogens with one attached hydrogen (secondary N) is 4. The molecule has 0 aliphatic carbocycles. The van der Waals surface area contributed by atoms with Gasteiger partial charge in [-0.3, -0.25) is 33.8 Å². The maximum absolute atomic E-state index is 14.2. The minimum Gasteiger partial charge on any atom is -0.872 e. The van der Waals surface area contributed by atoms with Gasteiger partial charge in [0, 0.05) is 92.8 Å². The summed E-state index contributed by atoms with van der Waals surface area (Å²) in [5.74, 6) is -4.46. The minimum absolute atomic E-state index is 0.0125. The number of nitrogens with zero attached hydrogens (tertiary/aromatic N) is 5. The Kier molecular flexibility index (Phi) is 22.7. The van der Waals surface area contributed by atoms with Crippen LogP contribution in [0.15, 0.2) is 107 Å². The summed E-state index contributed by atoms with van der Waals surface area (Å²) in [7, 11) is 0. The number of imide groups is 1. The number of benzene rings is 3. The minimum atomic E-state index is -1.22. The first kappa shape index (κ1) is 62.6. The van der Waals surface area contributed by atoms with E-state index in [1.54, 1.807) is 0 Å². The Morgan fingerprint density at radius 1 is 0.793 bits per heavy atom. The lowest BCUT2D eigenvalue weighted by atomic mass is 9.81. The Balaban J connectivity index is 1.05. The summed E-state index contributed by atoms with van der Waals surface area (Å²) in [6, 6.07) is 22.1. The van der Waals surface area contributed by atoms with Gasteiger partial charge in [0.05, 0.1) is 5.41 Å². The predicted octanol–water partition coefficient (Wildman–Crippen LogP) is 5.77. The van der Waals surface area contributed by atoms with E-state index in [-0.39, 0.29) is 85.6 Å². The molecule has 436 valence electrons. The number of fused-ring (bicyclic) bond motifs is 2. The second kappa shape index (κ2) is 29.7. The van der Waals surface area contributed by atoms with Crippen LogP contribution in [-0.2, 0) is 49.2 Å². The van der Waals surface area contributed by atoms with E-state index in [1.807, 2.05) is 12.1 Å². The number of unbranched alkanes of at least 4 members (excludes halogenated alkanes) is 3. The third-order valence-corrected chi connectivity index (χ3v) is 14.9. The molecule has 0 bridgehead atoms. The molecule has 1 fully saturated rings. The smallest absolute Gasteiger partial charge is 0.333 e. The standard InChI is InChI=1S/C62H79N11O9/c1-6-38-71-49-23-11-9-19-45(49)61(2,3)51(71)25-16-26-52-62(4,5)46-20-10-12-24-50(46)72(52)39-18-27-53(75)66-35-15-13-21-48(69-57(79)43(41-63)40-42-29-31-44(74)32-30-42)59(81)70-47(22-17-37-68-60(64)65)58(80)67-36-14-7-8-28-56(78)82-73-54(76)33-34-55(73)77/h9-12,16,19-20,23-26,29-32,40,47-48H,6-8,13-15,17-18,21-22,27-28,33-39H2,1-5H3,(H8-,64,65,66,67,68,69,70,74,75,79,80,81). The summed E-state index contributed by atoms with van der Waals surface area (Å²) in [6.45, 7) is 13.4. The third kappa shape index (κ3) is 16.7. The van der Waals surface area contributed by atoms with Gasteiger partial charge >= 0.3 is 5.97 Å². The van der Waals surface area contributed by atoms with Crippen LogP contribution in [0.25, 0.3) is 6.08 Å². The molecule has 1 saturated heterocycles. The van der Waals surface area contributed by atoms with Crippen molar-refractivity contribution in [3.8, 4) is 11.8 Å². The van der Waals surface area contributed by atoms with Gasteiger partial charge in [0.15, 0.2) is 11.7 Å². The van der Waals surface area contributed by atoms with E-state index < -0.39 is 47.6 Å². The van der Waals surface area contributed by atoms with Gasteiger partial charge in [-0.25, -0.2) is 4.79 Å². The Morgan fingerprint density at radius 3 is 2.16 bits per heavy atom. The molecule has 3 heterocycles. The summed E-state index contributed by atoms with van der Waals surface area (Å²) in [6.07, 6.45) is 12.3. The zero-order chi connectivity index (χ0) is 59.4. The number of aliphatic imine (C=N–C) groups is 1. The second-order valence-corrected chi connectivity index (χ2v) is 21.8.